The Morgan fingerprint density at radius 1 is 1.20 bits per heavy atom. The summed E-state index contributed by atoms with van der Waals surface area (Å²) in [5, 5.41) is 3.99. The first-order valence-corrected chi connectivity index (χ1v) is 7.06. The van der Waals surface area contributed by atoms with Gasteiger partial charge in [-0.05, 0) is 25.0 Å². The Morgan fingerprint density at radius 2 is 1.95 bits per heavy atom. The molecule has 0 radical (unpaired) electrons. The highest BCUT2D eigenvalue weighted by molar-refractivity contribution is 5.20. The van der Waals surface area contributed by atoms with Crippen molar-refractivity contribution in [3.8, 4) is 5.75 Å². The number of hydrogen-bond donors (Lipinski definition) is 1. The topological polar surface area (TPSA) is 74.2 Å². The molecule has 0 bridgehead atoms. The first-order chi connectivity index (χ1) is 9.76. The van der Waals surface area contributed by atoms with Gasteiger partial charge in [0.1, 0.15) is 5.75 Å². The zero-order valence-electron chi connectivity index (χ0n) is 11.4. The van der Waals surface area contributed by atoms with E-state index >= 15 is 0 Å². The van der Waals surface area contributed by atoms with E-state index in [4.69, 9.17) is 15.0 Å². The van der Waals surface area contributed by atoms with Crippen molar-refractivity contribution in [3.05, 3.63) is 42.0 Å². The number of hydrogen-bond acceptors (Lipinski definition) is 5. The lowest BCUT2D eigenvalue weighted by atomic mass is 9.99. The molecule has 20 heavy (non-hydrogen) atoms. The van der Waals surface area contributed by atoms with E-state index in [1.54, 1.807) is 0 Å². The summed E-state index contributed by atoms with van der Waals surface area (Å²) in [4.78, 5) is 4.41. The molecule has 1 saturated carbocycles. The first kappa shape index (κ1) is 13.1. The van der Waals surface area contributed by atoms with Gasteiger partial charge in [0.15, 0.2) is 5.82 Å². The van der Waals surface area contributed by atoms with Crippen LogP contribution < -0.4 is 10.5 Å². The van der Waals surface area contributed by atoms with Crippen molar-refractivity contribution in [2.75, 3.05) is 6.61 Å². The molecule has 2 aromatic rings. The number of nitrogens with two attached hydrogens (primary N) is 1. The Kier molecular flexibility index (Phi) is 3.69. The molecule has 1 fully saturated rings. The molecule has 0 unspecified atom stereocenters. The van der Waals surface area contributed by atoms with Gasteiger partial charge in [0.05, 0.1) is 12.1 Å². The highest BCUT2D eigenvalue weighted by atomic mass is 16.5. The Morgan fingerprint density at radius 3 is 2.70 bits per heavy atom. The molecular weight excluding hydrogens is 254 g/mol. The van der Waals surface area contributed by atoms with Crippen LogP contribution in [0.25, 0.3) is 0 Å². The summed E-state index contributed by atoms with van der Waals surface area (Å²) in [5.41, 5.74) is 5.87. The van der Waals surface area contributed by atoms with Gasteiger partial charge in [-0.1, -0.05) is 36.2 Å². The molecule has 106 valence electrons. The van der Waals surface area contributed by atoms with Crippen LogP contribution in [0.3, 0.4) is 0 Å². The maximum absolute atomic E-state index is 6.29. The van der Waals surface area contributed by atoms with E-state index in [-0.39, 0.29) is 0 Å². The SMILES string of the molecule is NC1(c2nc(CCOc3ccccc3)no2)CCCC1. The normalized spacial score (nSPS) is 17.2. The summed E-state index contributed by atoms with van der Waals surface area (Å²) in [6.45, 7) is 0.528. The number of aromatic nitrogens is 2. The standard InChI is InChI=1S/C15H19N3O2/c16-15(9-4-5-10-15)14-17-13(18-20-14)8-11-19-12-6-2-1-3-7-12/h1-3,6-7H,4-5,8-11,16H2. The van der Waals surface area contributed by atoms with Gasteiger partial charge in [0.25, 0.3) is 0 Å². The number of nitrogens with zero attached hydrogens (tertiary/aromatic N) is 2. The number of para-hydroxylation sites is 1. The molecular formula is C15H19N3O2. The lowest BCUT2D eigenvalue weighted by Crippen LogP contribution is -2.33. The fourth-order valence-electron chi connectivity index (χ4n) is 2.55. The molecule has 0 aliphatic heterocycles. The van der Waals surface area contributed by atoms with Crippen LogP contribution in [0.15, 0.2) is 34.9 Å². The van der Waals surface area contributed by atoms with Crippen molar-refractivity contribution in [1.29, 1.82) is 0 Å². The zero-order valence-corrected chi connectivity index (χ0v) is 11.4. The lowest BCUT2D eigenvalue weighted by Gasteiger charge is -2.17. The Hall–Kier alpha value is -1.88. The number of rotatable bonds is 5. The molecule has 1 aromatic carbocycles. The molecule has 1 aliphatic carbocycles. The molecule has 2 N–H and O–H groups in total. The second kappa shape index (κ2) is 5.63. The Bertz CT molecular complexity index is 547. The summed E-state index contributed by atoms with van der Waals surface area (Å²) in [6, 6.07) is 9.70. The third-order valence-electron chi connectivity index (χ3n) is 3.73. The van der Waals surface area contributed by atoms with Crippen LogP contribution in [0.5, 0.6) is 5.75 Å². The minimum absolute atomic E-state index is 0.411. The van der Waals surface area contributed by atoms with Gasteiger partial charge in [0.2, 0.25) is 5.89 Å². The van der Waals surface area contributed by atoms with Gasteiger partial charge in [-0.3, -0.25) is 0 Å². The number of benzene rings is 1. The molecule has 1 aromatic heterocycles. The molecule has 0 saturated heterocycles. The van der Waals surface area contributed by atoms with Gasteiger partial charge in [-0.25, -0.2) is 0 Å². The summed E-state index contributed by atoms with van der Waals surface area (Å²) < 4.78 is 10.9. The van der Waals surface area contributed by atoms with E-state index in [1.165, 1.54) is 0 Å². The minimum atomic E-state index is -0.411. The monoisotopic (exact) mass is 273 g/mol. The summed E-state index contributed by atoms with van der Waals surface area (Å²) in [7, 11) is 0. The predicted molar refractivity (Wildman–Crippen MR) is 74.3 cm³/mol. The van der Waals surface area contributed by atoms with E-state index in [0.29, 0.717) is 24.7 Å². The van der Waals surface area contributed by atoms with Crippen molar-refractivity contribution in [2.24, 2.45) is 5.73 Å². The first-order valence-electron chi connectivity index (χ1n) is 7.06. The van der Waals surface area contributed by atoms with Crippen LogP contribution in [-0.4, -0.2) is 16.7 Å². The van der Waals surface area contributed by atoms with Crippen LogP contribution >= 0.6 is 0 Å². The van der Waals surface area contributed by atoms with E-state index in [2.05, 4.69) is 10.1 Å². The smallest absolute Gasteiger partial charge is 0.246 e. The van der Waals surface area contributed by atoms with Crippen LogP contribution in [0.4, 0.5) is 0 Å². The highest BCUT2D eigenvalue weighted by Crippen LogP contribution is 2.35. The largest absolute Gasteiger partial charge is 0.493 e. The van der Waals surface area contributed by atoms with Crippen molar-refractivity contribution in [2.45, 2.75) is 37.6 Å². The molecule has 3 rings (SSSR count). The third-order valence-corrected chi connectivity index (χ3v) is 3.73. The molecule has 1 aliphatic rings. The average molecular weight is 273 g/mol. The van der Waals surface area contributed by atoms with Gasteiger partial charge in [0, 0.05) is 6.42 Å². The Labute approximate surface area is 118 Å². The van der Waals surface area contributed by atoms with Crippen molar-refractivity contribution >= 4 is 0 Å². The maximum atomic E-state index is 6.29. The second-order valence-corrected chi connectivity index (χ2v) is 5.29. The molecule has 0 amide bonds. The van der Waals surface area contributed by atoms with Gasteiger partial charge < -0.3 is 15.0 Å². The van der Waals surface area contributed by atoms with E-state index in [0.717, 1.165) is 31.4 Å². The fourth-order valence-corrected chi connectivity index (χ4v) is 2.55. The summed E-state index contributed by atoms with van der Waals surface area (Å²) >= 11 is 0. The van der Waals surface area contributed by atoms with Gasteiger partial charge in [-0.15, -0.1) is 0 Å². The van der Waals surface area contributed by atoms with Gasteiger partial charge in [-0.2, -0.15) is 4.98 Å². The second-order valence-electron chi connectivity index (χ2n) is 5.29. The Balaban J connectivity index is 1.55. The maximum Gasteiger partial charge on any atom is 0.246 e. The minimum Gasteiger partial charge on any atom is -0.493 e. The van der Waals surface area contributed by atoms with E-state index in [9.17, 15) is 0 Å². The summed E-state index contributed by atoms with van der Waals surface area (Å²) in [5.74, 6) is 2.08. The van der Waals surface area contributed by atoms with Crippen LogP contribution in [0.2, 0.25) is 0 Å². The van der Waals surface area contributed by atoms with Gasteiger partial charge >= 0.3 is 0 Å². The fraction of sp³-hybridized carbons (Fsp3) is 0.467. The zero-order chi connectivity index (χ0) is 13.8. The molecule has 1 heterocycles. The quantitative estimate of drug-likeness (QED) is 0.905. The number of ether oxygens (including phenoxy) is 1. The molecule has 5 nitrogen and oxygen atoms in total. The molecule has 5 heteroatoms. The van der Waals surface area contributed by atoms with Crippen molar-refractivity contribution in [3.63, 3.8) is 0 Å². The van der Waals surface area contributed by atoms with Crippen molar-refractivity contribution < 1.29 is 9.26 Å². The summed E-state index contributed by atoms with van der Waals surface area (Å²) in [6.07, 6.45) is 4.73. The predicted octanol–water partition coefficient (Wildman–Crippen LogP) is 2.42. The average Bonchev–Trinajstić information content (AvgIpc) is 3.10. The third kappa shape index (κ3) is 2.82. The van der Waals surface area contributed by atoms with Crippen LogP contribution in [0, 0.1) is 0 Å². The lowest BCUT2D eigenvalue weighted by molar-refractivity contribution is 0.281. The highest BCUT2D eigenvalue weighted by Gasteiger charge is 2.36. The van der Waals surface area contributed by atoms with Crippen LogP contribution in [-0.2, 0) is 12.0 Å². The molecule has 0 spiro atoms. The van der Waals surface area contributed by atoms with E-state index < -0.39 is 5.54 Å². The van der Waals surface area contributed by atoms with Crippen molar-refractivity contribution in [1.82, 2.24) is 10.1 Å². The molecule has 0 atom stereocenters. The van der Waals surface area contributed by atoms with E-state index in [1.807, 2.05) is 30.3 Å². The van der Waals surface area contributed by atoms with Crippen LogP contribution in [0.1, 0.15) is 37.4 Å².